The first-order valence-corrected chi connectivity index (χ1v) is 7.97. The van der Waals surface area contributed by atoms with E-state index in [0.717, 1.165) is 49.2 Å². The van der Waals surface area contributed by atoms with E-state index in [9.17, 15) is 4.79 Å². The van der Waals surface area contributed by atoms with E-state index in [1.165, 1.54) is 0 Å². The maximum Gasteiger partial charge on any atom is 0.220 e. The molecule has 2 rings (SSSR count). The Morgan fingerprint density at radius 3 is 2.84 bits per heavy atom. The Balaban J connectivity index is 1.62. The maximum absolute atomic E-state index is 11.8. The fraction of sp³-hybridized carbons (Fsp3) is 0.714. The van der Waals surface area contributed by atoms with Gasteiger partial charge in [0.05, 0.1) is 10.7 Å². The third-order valence-electron chi connectivity index (χ3n) is 3.64. The van der Waals surface area contributed by atoms with Crippen LogP contribution in [0.3, 0.4) is 0 Å². The van der Waals surface area contributed by atoms with Crippen molar-refractivity contribution in [2.45, 2.75) is 64.0 Å². The zero-order valence-corrected chi connectivity index (χ0v) is 12.3. The first-order chi connectivity index (χ1) is 9.13. The largest absolute Gasteiger partial charge is 0.353 e. The van der Waals surface area contributed by atoms with Crippen LogP contribution in [-0.4, -0.2) is 23.0 Å². The van der Waals surface area contributed by atoms with E-state index in [0.29, 0.717) is 18.5 Å². The molecule has 5 heteroatoms. The number of carbonyl (C=O) groups excluding carboxylic acids is 1. The van der Waals surface area contributed by atoms with Gasteiger partial charge in [0.1, 0.15) is 0 Å². The van der Waals surface area contributed by atoms with Crippen molar-refractivity contribution in [1.29, 1.82) is 0 Å². The highest BCUT2D eigenvalue weighted by molar-refractivity contribution is 7.09. The standard InChI is InChI=1S/C14H23N3OS/c1-10-16-13(9-19-10)3-2-4-14(18)17-12-7-5-11(15)6-8-12/h9,11-12H,2-8,15H2,1H3,(H,17,18). The summed E-state index contributed by atoms with van der Waals surface area (Å²) in [5.74, 6) is 0.174. The maximum atomic E-state index is 11.8. The summed E-state index contributed by atoms with van der Waals surface area (Å²) in [6.45, 7) is 2.01. The molecule has 0 unspecified atom stereocenters. The summed E-state index contributed by atoms with van der Waals surface area (Å²) in [5, 5.41) is 6.29. The Hall–Kier alpha value is -0.940. The molecule has 1 aliphatic carbocycles. The normalized spacial score (nSPS) is 23.3. The molecule has 0 aromatic carbocycles. The van der Waals surface area contributed by atoms with Gasteiger partial charge < -0.3 is 11.1 Å². The van der Waals surface area contributed by atoms with Gasteiger partial charge in [-0.1, -0.05) is 0 Å². The van der Waals surface area contributed by atoms with Crippen molar-refractivity contribution in [2.24, 2.45) is 5.73 Å². The van der Waals surface area contributed by atoms with Crippen LogP contribution < -0.4 is 11.1 Å². The second-order valence-corrected chi connectivity index (χ2v) is 6.45. The number of aromatic nitrogens is 1. The van der Waals surface area contributed by atoms with Crippen LogP contribution in [-0.2, 0) is 11.2 Å². The number of carbonyl (C=O) groups is 1. The van der Waals surface area contributed by atoms with Crippen LogP contribution in [0.25, 0.3) is 0 Å². The van der Waals surface area contributed by atoms with Crippen molar-refractivity contribution < 1.29 is 4.79 Å². The molecule has 1 fully saturated rings. The third-order valence-corrected chi connectivity index (χ3v) is 4.46. The van der Waals surface area contributed by atoms with Gasteiger partial charge in [-0.25, -0.2) is 4.98 Å². The van der Waals surface area contributed by atoms with Crippen molar-refractivity contribution in [3.8, 4) is 0 Å². The fourth-order valence-electron chi connectivity index (χ4n) is 2.52. The number of hydrogen-bond acceptors (Lipinski definition) is 4. The Bertz CT molecular complexity index is 411. The molecule has 1 aliphatic rings. The Kier molecular flexibility index (Phi) is 5.34. The first kappa shape index (κ1) is 14.5. The summed E-state index contributed by atoms with van der Waals surface area (Å²) in [6, 6.07) is 0.676. The summed E-state index contributed by atoms with van der Waals surface area (Å²) in [4.78, 5) is 16.2. The number of nitrogens with zero attached hydrogens (tertiary/aromatic N) is 1. The van der Waals surface area contributed by atoms with Crippen LogP contribution in [0.15, 0.2) is 5.38 Å². The van der Waals surface area contributed by atoms with Gasteiger partial charge >= 0.3 is 0 Å². The van der Waals surface area contributed by atoms with E-state index in [2.05, 4.69) is 15.7 Å². The summed E-state index contributed by atoms with van der Waals surface area (Å²) in [6.07, 6.45) is 6.48. The SMILES string of the molecule is Cc1nc(CCCC(=O)NC2CCC(N)CC2)cs1. The summed E-state index contributed by atoms with van der Waals surface area (Å²) in [5.41, 5.74) is 6.97. The second kappa shape index (κ2) is 7.01. The molecule has 1 amide bonds. The first-order valence-electron chi connectivity index (χ1n) is 7.09. The summed E-state index contributed by atoms with van der Waals surface area (Å²) in [7, 11) is 0. The molecule has 1 aromatic heterocycles. The lowest BCUT2D eigenvalue weighted by Crippen LogP contribution is -2.40. The quantitative estimate of drug-likeness (QED) is 0.869. The summed E-state index contributed by atoms with van der Waals surface area (Å²) < 4.78 is 0. The van der Waals surface area contributed by atoms with Gasteiger partial charge in [-0.2, -0.15) is 0 Å². The average molecular weight is 281 g/mol. The lowest BCUT2D eigenvalue weighted by Gasteiger charge is -2.26. The number of nitrogens with one attached hydrogen (secondary N) is 1. The van der Waals surface area contributed by atoms with Crippen LogP contribution in [0, 0.1) is 6.92 Å². The monoisotopic (exact) mass is 281 g/mol. The number of nitrogens with two attached hydrogens (primary N) is 1. The second-order valence-electron chi connectivity index (χ2n) is 5.39. The number of thiazole rings is 1. The van der Waals surface area contributed by atoms with E-state index < -0.39 is 0 Å². The highest BCUT2D eigenvalue weighted by Crippen LogP contribution is 2.17. The molecule has 0 atom stereocenters. The van der Waals surface area contributed by atoms with E-state index in [1.807, 2.05) is 6.92 Å². The predicted octanol–water partition coefficient (Wildman–Crippen LogP) is 2.16. The molecular formula is C14H23N3OS. The van der Waals surface area contributed by atoms with Gasteiger partial charge in [0.25, 0.3) is 0 Å². The Morgan fingerprint density at radius 1 is 1.47 bits per heavy atom. The molecule has 19 heavy (non-hydrogen) atoms. The third kappa shape index (κ3) is 4.91. The molecule has 0 spiro atoms. The zero-order chi connectivity index (χ0) is 13.7. The highest BCUT2D eigenvalue weighted by atomic mass is 32.1. The van der Waals surface area contributed by atoms with Gasteiger partial charge in [0.15, 0.2) is 0 Å². The van der Waals surface area contributed by atoms with Crippen molar-refractivity contribution in [3.63, 3.8) is 0 Å². The number of amides is 1. The van der Waals surface area contributed by atoms with E-state index in [-0.39, 0.29) is 5.91 Å². The lowest BCUT2D eigenvalue weighted by atomic mass is 9.92. The van der Waals surface area contributed by atoms with Crippen LogP contribution in [0.2, 0.25) is 0 Å². The molecule has 0 bridgehead atoms. The number of rotatable bonds is 5. The van der Waals surface area contributed by atoms with Crippen LogP contribution >= 0.6 is 11.3 Å². The Labute approximate surface area is 118 Å². The van der Waals surface area contributed by atoms with Gasteiger partial charge in [-0.05, 0) is 45.4 Å². The van der Waals surface area contributed by atoms with Crippen molar-refractivity contribution in [2.75, 3.05) is 0 Å². The van der Waals surface area contributed by atoms with Crippen molar-refractivity contribution in [1.82, 2.24) is 10.3 Å². The van der Waals surface area contributed by atoms with Gasteiger partial charge in [-0.15, -0.1) is 11.3 Å². The zero-order valence-electron chi connectivity index (χ0n) is 11.5. The van der Waals surface area contributed by atoms with Crippen LogP contribution in [0.1, 0.15) is 49.2 Å². The van der Waals surface area contributed by atoms with E-state index in [4.69, 9.17) is 5.73 Å². The van der Waals surface area contributed by atoms with Crippen LogP contribution in [0.5, 0.6) is 0 Å². The molecule has 1 heterocycles. The minimum Gasteiger partial charge on any atom is -0.353 e. The van der Waals surface area contributed by atoms with Crippen molar-refractivity contribution >= 4 is 17.2 Å². The molecule has 0 aliphatic heterocycles. The van der Waals surface area contributed by atoms with Crippen LogP contribution in [0.4, 0.5) is 0 Å². The average Bonchev–Trinajstić information content (AvgIpc) is 2.78. The summed E-state index contributed by atoms with van der Waals surface area (Å²) >= 11 is 1.67. The van der Waals surface area contributed by atoms with Crippen molar-refractivity contribution in [3.05, 3.63) is 16.1 Å². The smallest absolute Gasteiger partial charge is 0.220 e. The molecule has 4 nitrogen and oxygen atoms in total. The highest BCUT2D eigenvalue weighted by Gasteiger charge is 2.19. The lowest BCUT2D eigenvalue weighted by molar-refractivity contribution is -0.122. The number of aryl methyl sites for hydroxylation is 2. The van der Waals surface area contributed by atoms with E-state index in [1.54, 1.807) is 11.3 Å². The molecule has 1 saturated carbocycles. The molecule has 1 aromatic rings. The molecule has 0 saturated heterocycles. The predicted molar refractivity (Wildman–Crippen MR) is 78.2 cm³/mol. The minimum atomic E-state index is 0.174. The van der Waals surface area contributed by atoms with Gasteiger partial charge in [0, 0.05) is 23.9 Å². The molecule has 106 valence electrons. The fourth-order valence-corrected chi connectivity index (χ4v) is 3.16. The minimum absolute atomic E-state index is 0.174. The topological polar surface area (TPSA) is 68.0 Å². The number of hydrogen-bond donors (Lipinski definition) is 2. The Morgan fingerprint density at radius 2 is 2.21 bits per heavy atom. The molecule has 0 radical (unpaired) electrons. The molecule has 3 N–H and O–H groups in total. The van der Waals surface area contributed by atoms with Gasteiger partial charge in [-0.3, -0.25) is 4.79 Å². The molecular weight excluding hydrogens is 258 g/mol. The van der Waals surface area contributed by atoms with E-state index >= 15 is 0 Å². The van der Waals surface area contributed by atoms with Gasteiger partial charge in [0.2, 0.25) is 5.91 Å².